The van der Waals surface area contributed by atoms with Crippen LogP contribution in [0.2, 0.25) is 0 Å². The molecule has 19 heavy (non-hydrogen) atoms. The third-order valence-electron chi connectivity index (χ3n) is 3.99. The summed E-state index contributed by atoms with van der Waals surface area (Å²) in [7, 11) is 2.15. The van der Waals surface area contributed by atoms with Crippen molar-refractivity contribution in [2.24, 2.45) is 5.92 Å². The molecule has 1 N–H and O–H groups in total. The average molecular weight is 268 g/mol. The van der Waals surface area contributed by atoms with Crippen LogP contribution in [0.5, 0.6) is 0 Å². The Kier molecular flexibility index (Phi) is 4.88. The monoisotopic (exact) mass is 268 g/mol. The number of likely N-dealkylation sites (tertiary alicyclic amines) is 1. The maximum absolute atomic E-state index is 13.2. The van der Waals surface area contributed by atoms with Gasteiger partial charge in [0.2, 0.25) is 0 Å². The van der Waals surface area contributed by atoms with Gasteiger partial charge in [-0.15, -0.1) is 0 Å². The fraction of sp³-hybridized carbons (Fsp3) is 0.600. The smallest absolute Gasteiger partial charge is 0.159 e. The fourth-order valence-electron chi connectivity index (χ4n) is 2.51. The Morgan fingerprint density at radius 2 is 1.95 bits per heavy atom. The van der Waals surface area contributed by atoms with E-state index in [1.807, 2.05) is 6.92 Å². The Hall–Kier alpha value is -1.00. The van der Waals surface area contributed by atoms with Gasteiger partial charge >= 0.3 is 0 Å². The molecule has 0 amide bonds. The minimum absolute atomic E-state index is 0.0507. The van der Waals surface area contributed by atoms with Crippen LogP contribution in [0, 0.1) is 17.6 Å². The summed E-state index contributed by atoms with van der Waals surface area (Å²) in [6.07, 6.45) is 2.40. The van der Waals surface area contributed by atoms with Gasteiger partial charge in [0.1, 0.15) is 0 Å². The van der Waals surface area contributed by atoms with Crippen molar-refractivity contribution in [2.45, 2.75) is 25.8 Å². The van der Waals surface area contributed by atoms with Gasteiger partial charge in [-0.1, -0.05) is 6.07 Å². The van der Waals surface area contributed by atoms with Gasteiger partial charge in [0.15, 0.2) is 11.6 Å². The molecule has 0 aromatic heterocycles. The zero-order valence-corrected chi connectivity index (χ0v) is 11.6. The number of halogens is 2. The van der Waals surface area contributed by atoms with E-state index in [2.05, 4.69) is 17.3 Å². The van der Waals surface area contributed by atoms with E-state index in [-0.39, 0.29) is 6.04 Å². The van der Waals surface area contributed by atoms with E-state index in [0.717, 1.165) is 25.2 Å². The van der Waals surface area contributed by atoms with Crippen LogP contribution in [0.15, 0.2) is 18.2 Å². The van der Waals surface area contributed by atoms with E-state index in [9.17, 15) is 8.78 Å². The van der Waals surface area contributed by atoms with Crippen LogP contribution >= 0.6 is 0 Å². The van der Waals surface area contributed by atoms with Crippen LogP contribution < -0.4 is 5.32 Å². The second-order valence-corrected chi connectivity index (χ2v) is 5.55. The van der Waals surface area contributed by atoms with Crippen molar-refractivity contribution >= 4 is 0 Å². The van der Waals surface area contributed by atoms with Crippen molar-refractivity contribution in [3.8, 4) is 0 Å². The van der Waals surface area contributed by atoms with Crippen molar-refractivity contribution in [3.05, 3.63) is 35.4 Å². The SMILES string of the molecule is CC(NCC1CCN(C)CC1)c1ccc(F)c(F)c1. The molecule has 1 aliphatic heterocycles. The quantitative estimate of drug-likeness (QED) is 0.903. The first kappa shape index (κ1) is 14.4. The molecule has 106 valence electrons. The normalized spacial score (nSPS) is 19.6. The van der Waals surface area contributed by atoms with Crippen LogP contribution in [0.3, 0.4) is 0 Å². The van der Waals surface area contributed by atoms with E-state index in [1.54, 1.807) is 6.07 Å². The Bertz CT molecular complexity index is 415. The predicted octanol–water partition coefficient (Wildman–Crippen LogP) is 2.96. The van der Waals surface area contributed by atoms with Gasteiger partial charge in [0, 0.05) is 6.04 Å². The molecule has 1 atom stereocenters. The third kappa shape index (κ3) is 3.98. The van der Waals surface area contributed by atoms with Crippen LogP contribution in [0.1, 0.15) is 31.4 Å². The first-order valence-electron chi connectivity index (χ1n) is 6.93. The lowest BCUT2D eigenvalue weighted by molar-refractivity contribution is 0.213. The molecule has 0 radical (unpaired) electrons. The Morgan fingerprint density at radius 3 is 2.58 bits per heavy atom. The molecule has 0 aliphatic carbocycles. The van der Waals surface area contributed by atoms with Crippen LogP contribution in [-0.2, 0) is 0 Å². The lowest BCUT2D eigenvalue weighted by Gasteiger charge is -2.30. The van der Waals surface area contributed by atoms with E-state index in [0.29, 0.717) is 5.92 Å². The van der Waals surface area contributed by atoms with E-state index < -0.39 is 11.6 Å². The summed E-state index contributed by atoms with van der Waals surface area (Å²) >= 11 is 0. The highest BCUT2D eigenvalue weighted by molar-refractivity contribution is 5.20. The van der Waals surface area contributed by atoms with Gasteiger partial charge in [0.05, 0.1) is 0 Å². The van der Waals surface area contributed by atoms with Crippen molar-refractivity contribution in [2.75, 3.05) is 26.7 Å². The summed E-state index contributed by atoms with van der Waals surface area (Å²) in [6.45, 7) is 5.22. The van der Waals surface area contributed by atoms with Crippen LogP contribution in [-0.4, -0.2) is 31.6 Å². The molecule has 4 heteroatoms. The van der Waals surface area contributed by atoms with Crippen LogP contribution in [0.25, 0.3) is 0 Å². The summed E-state index contributed by atoms with van der Waals surface area (Å²) < 4.78 is 26.0. The van der Waals surface area contributed by atoms with Crippen molar-refractivity contribution in [1.29, 1.82) is 0 Å². The maximum atomic E-state index is 13.2. The Morgan fingerprint density at radius 1 is 1.26 bits per heavy atom. The Labute approximate surface area is 113 Å². The predicted molar refractivity (Wildman–Crippen MR) is 73.0 cm³/mol. The van der Waals surface area contributed by atoms with Crippen LogP contribution in [0.4, 0.5) is 8.78 Å². The first-order chi connectivity index (χ1) is 9.06. The third-order valence-corrected chi connectivity index (χ3v) is 3.99. The number of benzene rings is 1. The minimum atomic E-state index is -0.786. The van der Waals surface area contributed by atoms with Gasteiger partial charge in [0.25, 0.3) is 0 Å². The number of hydrogen-bond donors (Lipinski definition) is 1. The molecule has 2 nitrogen and oxygen atoms in total. The highest BCUT2D eigenvalue weighted by Crippen LogP contribution is 2.19. The van der Waals surface area contributed by atoms with E-state index in [1.165, 1.54) is 25.0 Å². The topological polar surface area (TPSA) is 15.3 Å². The second kappa shape index (κ2) is 6.44. The number of piperidine rings is 1. The number of nitrogens with zero attached hydrogens (tertiary/aromatic N) is 1. The van der Waals surface area contributed by atoms with Gasteiger partial charge < -0.3 is 10.2 Å². The summed E-state index contributed by atoms with van der Waals surface area (Å²) in [5, 5.41) is 3.42. The molecule has 1 aromatic carbocycles. The molecule has 1 fully saturated rings. The molecule has 0 saturated carbocycles. The molecular weight excluding hydrogens is 246 g/mol. The largest absolute Gasteiger partial charge is 0.310 e. The zero-order valence-electron chi connectivity index (χ0n) is 11.6. The summed E-state index contributed by atoms with van der Waals surface area (Å²) in [6, 6.07) is 4.17. The molecule has 1 unspecified atom stereocenters. The molecule has 0 spiro atoms. The van der Waals surface area contributed by atoms with Crippen molar-refractivity contribution < 1.29 is 8.78 Å². The van der Waals surface area contributed by atoms with Gasteiger partial charge in [-0.3, -0.25) is 0 Å². The van der Waals surface area contributed by atoms with E-state index in [4.69, 9.17) is 0 Å². The molecule has 1 saturated heterocycles. The molecule has 0 bridgehead atoms. The molecule has 2 rings (SSSR count). The molecule has 1 aliphatic rings. The lowest BCUT2D eigenvalue weighted by atomic mass is 9.96. The first-order valence-corrected chi connectivity index (χ1v) is 6.93. The summed E-state index contributed by atoms with van der Waals surface area (Å²) in [4.78, 5) is 2.34. The van der Waals surface area contributed by atoms with Gasteiger partial charge in [-0.25, -0.2) is 8.78 Å². The lowest BCUT2D eigenvalue weighted by Crippen LogP contribution is -2.35. The Balaban J connectivity index is 1.83. The van der Waals surface area contributed by atoms with E-state index >= 15 is 0 Å². The minimum Gasteiger partial charge on any atom is -0.310 e. The summed E-state index contributed by atoms with van der Waals surface area (Å²) in [5.74, 6) is -0.874. The molecule has 1 heterocycles. The zero-order chi connectivity index (χ0) is 13.8. The maximum Gasteiger partial charge on any atom is 0.159 e. The standard InChI is InChI=1S/C15H22F2N2/c1-11(13-3-4-14(16)15(17)9-13)18-10-12-5-7-19(2)8-6-12/h3-4,9,11-12,18H,5-8,10H2,1-2H3. The number of rotatable bonds is 4. The van der Waals surface area contributed by atoms with Crippen molar-refractivity contribution in [1.82, 2.24) is 10.2 Å². The average Bonchev–Trinajstić information content (AvgIpc) is 2.41. The second-order valence-electron chi connectivity index (χ2n) is 5.55. The number of hydrogen-bond acceptors (Lipinski definition) is 2. The summed E-state index contributed by atoms with van der Waals surface area (Å²) in [5.41, 5.74) is 0.798. The fourth-order valence-corrected chi connectivity index (χ4v) is 2.51. The molecule has 1 aromatic rings. The number of nitrogens with one attached hydrogen (secondary N) is 1. The highest BCUT2D eigenvalue weighted by atomic mass is 19.2. The molecular formula is C15H22F2N2. The van der Waals surface area contributed by atoms with Gasteiger partial charge in [-0.2, -0.15) is 0 Å². The van der Waals surface area contributed by atoms with Crippen molar-refractivity contribution in [3.63, 3.8) is 0 Å². The van der Waals surface area contributed by atoms with Gasteiger partial charge in [-0.05, 0) is 70.1 Å². The highest BCUT2D eigenvalue weighted by Gasteiger charge is 2.17.